The van der Waals surface area contributed by atoms with E-state index in [1.54, 1.807) is 9.96 Å². The van der Waals surface area contributed by atoms with Gasteiger partial charge in [0.25, 0.3) is 0 Å². The first kappa shape index (κ1) is 38.9. The summed E-state index contributed by atoms with van der Waals surface area (Å²) in [6.45, 7) is 8.76. The number of aromatic nitrogens is 2. The van der Waals surface area contributed by atoms with Crippen molar-refractivity contribution in [2.24, 2.45) is 5.92 Å². The quantitative estimate of drug-likeness (QED) is 0.123. The van der Waals surface area contributed by atoms with Crippen LogP contribution in [0.3, 0.4) is 0 Å². The molecule has 7 aromatic rings. The van der Waals surface area contributed by atoms with E-state index in [2.05, 4.69) is 141 Å². The molecule has 0 atom stereocenters. The van der Waals surface area contributed by atoms with Gasteiger partial charge in [0.15, 0.2) is 0 Å². The van der Waals surface area contributed by atoms with E-state index in [4.69, 9.17) is 9.40 Å². The third-order valence-corrected chi connectivity index (χ3v) is 14.8. The maximum atomic E-state index is 6.44. The second-order valence-electron chi connectivity index (χ2n) is 16.5. The molecular formula is C48H50GeIrN2O-2. The van der Waals surface area contributed by atoms with Gasteiger partial charge >= 0.3 is 137 Å². The van der Waals surface area contributed by atoms with Crippen molar-refractivity contribution in [2.75, 3.05) is 0 Å². The minimum absolute atomic E-state index is 0. The van der Waals surface area contributed by atoms with E-state index in [1.807, 2.05) is 30.5 Å². The Morgan fingerprint density at radius 2 is 1.57 bits per heavy atom. The van der Waals surface area contributed by atoms with Gasteiger partial charge in [-0.25, -0.2) is 0 Å². The summed E-state index contributed by atoms with van der Waals surface area (Å²) in [6.07, 6.45) is 11.0. The molecule has 3 aromatic heterocycles. The first-order chi connectivity index (χ1) is 25.0. The summed E-state index contributed by atoms with van der Waals surface area (Å²) in [5, 5.41) is 2.27. The Bertz CT molecular complexity index is 2310. The molecule has 3 nitrogen and oxygen atoms in total. The number of furan rings is 1. The Morgan fingerprint density at radius 3 is 2.26 bits per heavy atom. The monoisotopic (exact) mass is 937 g/mol. The van der Waals surface area contributed by atoms with E-state index in [0.29, 0.717) is 0 Å². The molecule has 3 heterocycles. The minimum atomic E-state index is -1.87. The largest absolute Gasteiger partial charge is 0 e. The molecule has 0 N–H and O–H groups in total. The predicted octanol–water partition coefficient (Wildman–Crippen LogP) is 12.5. The van der Waals surface area contributed by atoms with Crippen LogP contribution in [-0.4, -0.2) is 23.2 Å². The summed E-state index contributed by atoms with van der Waals surface area (Å²) >= 11 is -1.87. The summed E-state index contributed by atoms with van der Waals surface area (Å²) < 4.78 is 8.02. The van der Waals surface area contributed by atoms with Gasteiger partial charge in [0, 0.05) is 31.7 Å². The molecule has 53 heavy (non-hydrogen) atoms. The fraction of sp³-hybridized carbons (Fsp3) is 0.292. The molecule has 273 valence electrons. The Labute approximate surface area is 332 Å². The van der Waals surface area contributed by atoms with E-state index in [1.165, 1.54) is 43.2 Å². The fourth-order valence-corrected chi connectivity index (χ4v) is 10.9. The van der Waals surface area contributed by atoms with Crippen molar-refractivity contribution in [1.29, 1.82) is 0 Å². The molecule has 1 aliphatic rings. The normalized spacial score (nSPS) is 13.5. The predicted molar refractivity (Wildman–Crippen MR) is 222 cm³/mol. The van der Waals surface area contributed by atoms with Gasteiger partial charge in [0.05, 0.1) is 5.58 Å². The van der Waals surface area contributed by atoms with Gasteiger partial charge in [-0.3, -0.25) is 0 Å². The number of benzene rings is 4. The maximum Gasteiger partial charge on any atom is 0 e. The smallest absolute Gasteiger partial charge is 0 e. The summed E-state index contributed by atoms with van der Waals surface area (Å²) in [5.74, 6) is 8.31. The van der Waals surface area contributed by atoms with Gasteiger partial charge in [0.1, 0.15) is 5.58 Å². The van der Waals surface area contributed by atoms with E-state index < -0.39 is 13.3 Å². The van der Waals surface area contributed by atoms with Crippen LogP contribution in [0.2, 0.25) is 17.3 Å². The molecule has 1 aliphatic carbocycles. The standard InChI is InChI=1S/C28H24NO.C20H26GeN.Ir/c1-18-10-12-22(24-17-21(14-15-29-24)28(2,3)4)27-26(18)23-13-11-20(16-25(23)30-27)19-8-6-5-7-9-19;1-21(2,3)19-15-22-20(17-11-5-4-6-12-17)14-18(19)13-16-9-7-8-10-16;/h5-11,13-17H,1-4H3;4-6,11,14-16H,7-10,13H2,1-3H3;/q2*-1;. The first-order valence-corrected chi connectivity index (χ1v) is 26.2. The second kappa shape index (κ2) is 16.3. The number of pyridine rings is 2. The van der Waals surface area contributed by atoms with Crippen LogP contribution in [0, 0.1) is 25.0 Å². The van der Waals surface area contributed by atoms with E-state index >= 15 is 0 Å². The van der Waals surface area contributed by atoms with Crippen LogP contribution >= 0.6 is 0 Å². The van der Waals surface area contributed by atoms with Gasteiger partial charge in [-0.05, 0) is 39.9 Å². The number of aryl methyl sites for hydroxylation is 1. The molecule has 1 fully saturated rings. The maximum absolute atomic E-state index is 6.44. The minimum Gasteiger partial charge on any atom is 0 e. The van der Waals surface area contributed by atoms with Crippen LogP contribution in [0.1, 0.15) is 63.1 Å². The Kier molecular flexibility index (Phi) is 11.9. The number of rotatable bonds is 6. The molecule has 0 spiro atoms. The molecule has 0 amide bonds. The summed E-state index contributed by atoms with van der Waals surface area (Å²) in [5.41, 5.74) is 12.1. The van der Waals surface area contributed by atoms with Crippen LogP contribution < -0.4 is 4.40 Å². The molecule has 0 unspecified atom stereocenters. The van der Waals surface area contributed by atoms with Crippen LogP contribution in [0.4, 0.5) is 0 Å². The molecule has 4 aromatic carbocycles. The molecule has 8 rings (SSSR count). The van der Waals surface area contributed by atoms with E-state index in [-0.39, 0.29) is 25.5 Å². The zero-order valence-corrected chi connectivity index (χ0v) is 36.6. The summed E-state index contributed by atoms with van der Waals surface area (Å²) in [4.78, 5) is 9.41. The molecule has 0 bridgehead atoms. The van der Waals surface area contributed by atoms with Crippen LogP contribution in [0.15, 0.2) is 114 Å². The Balaban J connectivity index is 0.000000187. The zero-order valence-electron chi connectivity index (χ0n) is 32.1. The SMILES string of the molecule is Cc1c[c-]c(-c2cc(C(C)(C)C)ccn2)c2oc3cc(-c4ccccc4)ccc3c12.[CH3][Ge]([CH3])([CH3])[c]1cnc(-c2[c-]cccc2)cc1CC1CCCC1.[Ir]. The molecule has 1 radical (unpaired) electrons. The van der Waals surface area contributed by atoms with E-state index in [0.717, 1.165) is 61.5 Å². The second-order valence-corrected chi connectivity index (χ2v) is 27.1. The average Bonchev–Trinajstić information content (AvgIpc) is 3.80. The van der Waals surface area contributed by atoms with Crippen molar-refractivity contribution in [3.05, 3.63) is 138 Å². The molecule has 5 heteroatoms. The third kappa shape index (κ3) is 8.78. The van der Waals surface area contributed by atoms with Crippen LogP contribution in [0.5, 0.6) is 0 Å². The zero-order chi connectivity index (χ0) is 36.5. The number of nitrogens with zero attached hydrogens (tertiary/aromatic N) is 2. The number of hydrogen-bond acceptors (Lipinski definition) is 3. The van der Waals surface area contributed by atoms with Gasteiger partial charge in [-0.2, -0.15) is 0 Å². The van der Waals surface area contributed by atoms with Crippen molar-refractivity contribution >= 4 is 39.6 Å². The number of fused-ring (bicyclic) bond motifs is 3. The van der Waals surface area contributed by atoms with Crippen molar-refractivity contribution in [3.8, 4) is 33.6 Å². The topological polar surface area (TPSA) is 38.9 Å². The molecule has 0 saturated heterocycles. The van der Waals surface area contributed by atoms with E-state index in [9.17, 15) is 0 Å². The Morgan fingerprint density at radius 1 is 0.811 bits per heavy atom. The van der Waals surface area contributed by atoms with Crippen molar-refractivity contribution < 1.29 is 24.5 Å². The van der Waals surface area contributed by atoms with Crippen molar-refractivity contribution in [1.82, 2.24) is 9.97 Å². The fourth-order valence-electron chi connectivity index (χ4n) is 7.58. The van der Waals surface area contributed by atoms with Crippen molar-refractivity contribution in [3.63, 3.8) is 0 Å². The van der Waals surface area contributed by atoms with Crippen molar-refractivity contribution in [2.45, 2.75) is 82.5 Å². The van der Waals surface area contributed by atoms with Gasteiger partial charge in [0.2, 0.25) is 0 Å². The number of hydrogen-bond donors (Lipinski definition) is 0. The average molecular weight is 936 g/mol. The summed E-state index contributed by atoms with van der Waals surface area (Å²) in [7, 11) is 0. The molecular weight excluding hydrogens is 885 g/mol. The van der Waals surface area contributed by atoms with Gasteiger partial charge < -0.3 is 9.40 Å². The van der Waals surface area contributed by atoms with Gasteiger partial charge in [-0.1, -0.05) is 87.2 Å². The third-order valence-electron chi connectivity index (χ3n) is 10.5. The molecule has 0 aliphatic heterocycles. The Hall–Kier alpha value is -3.83. The van der Waals surface area contributed by atoms with Crippen LogP contribution in [-0.2, 0) is 31.9 Å². The molecule has 1 saturated carbocycles. The summed E-state index contributed by atoms with van der Waals surface area (Å²) in [6, 6.07) is 40.4. The van der Waals surface area contributed by atoms with Crippen LogP contribution in [0.25, 0.3) is 55.6 Å². The van der Waals surface area contributed by atoms with Gasteiger partial charge in [-0.15, -0.1) is 17.7 Å². The first-order valence-electron chi connectivity index (χ1n) is 18.8.